The first-order valence-corrected chi connectivity index (χ1v) is 9.69. The molecule has 1 aliphatic carbocycles. The molecule has 0 bridgehead atoms. The minimum absolute atomic E-state index is 0.274. The van der Waals surface area contributed by atoms with Crippen LogP contribution in [0, 0.1) is 6.92 Å². The van der Waals surface area contributed by atoms with E-state index in [1.165, 1.54) is 28.7 Å². The number of pyridine rings is 1. The summed E-state index contributed by atoms with van der Waals surface area (Å²) in [4.78, 5) is 20.0. The molecule has 0 unspecified atom stereocenters. The monoisotopic (exact) mass is 351 g/mol. The molecule has 1 aromatic carbocycles. The van der Waals surface area contributed by atoms with Crippen molar-refractivity contribution in [2.75, 3.05) is 6.61 Å². The molecule has 25 heavy (non-hydrogen) atoms. The van der Waals surface area contributed by atoms with E-state index in [2.05, 4.69) is 12.1 Å². The summed E-state index contributed by atoms with van der Waals surface area (Å²) in [5, 5.41) is 1.17. The van der Waals surface area contributed by atoms with Gasteiger partial charge in [0.1, 0.15) is 4.83 Å². The number of aryl methyl sites for hydroxylation is 3. The number of hydrogen-bond donors (Lipinski definition) is 0. The highest BCUT2D eigenvalue weighted by Gasteiger charge is 2.26. The Morgan fingerprint density at radius 3 is 2.72 bits per heavy atom. The van der Waals surface area contributed by atoms with E-state index in [0.717, 1.165) is 34.5 Å². The van der Waals surface area contributed by atoms with Gasteiger partial charge in [-0.05, 0) is 50.7 Å². The number of rotatable bonds is 3. The molecule has 3 nitrogen and oxygen atoms in total. The lowest BCUT2D eigenvalue weighted by molar-refractivity contribution is 0.0526. The van der Waals surface area contributed by atoms with Crippen molar-refractivity contribution in [1.82, 2.24) is 4.98 Å². The average molecular weight is 351 g/mol. The van der Waals surface area contributed by atoms with Crippen molar-refractivity contribution in [1.29, 1.82) is 0 Å². The first kappa shape index (κ1) is 16.3. The lowest BCUT2D eigenvalue weighted by atomic mass is 9.90. The highest BCUT2D eigenvalue weighted by molar-refractivity contribution is 7.19. The topological polar surface area (TPSA) is 39.2 Å². The van der Waals surface area contributed by atoms with E-state index >= 15 is 0 Å². The average Bonchev–Trinajstić information content (AvgIpc) is 2.99. The van der Waals surface area contributed by atoms with Crippen molar-refractivity contribution in [3.63, 3.8) is 0 Å². The SMILES string of the molecule is CCOC(=O)c1c(C)nc2sc3c(c2c1-c1ccccc1)CCCC3. The summed E-state index contributed by atoms with van der Waals surface area (Å²) in [5.74, 6) is -0.274. The van der Waals surface area contributed by atoms with Crippen LogP contribution in [-0.4, -0.2) is 17.6 Å². The van der Waals surface area contributed by atoms with Crippen molar-refractivity contribution in [3.05, 3.63) is 52.0 Å². The summed E-state index contributed by atoms with van der Waals surface area (Å²) in [6, 6.07) is 10.2. The fraction of sp³-hybridized carbons (Fsp3) is 0.333. The number of thiophene rings is 1. The number of carbonyl (C=O) groups is 1. The Hall–Kier alpha value is -2.20. The van der Waals surface area contributed by atoms with E-state index in [4.69, 9.17) is 9.72 Å². The Morgan fingerprint density at radius 1 is 1.20 bits per heavy atom. The van der Waals surface area contributed by atoms with Gasteiger partial charge in [-0.3, -0.25) is 0 Å². The van der Waals surface area contributed by atoms with Gasteiger partial charge in [-0.15, -0.1) is 11.3 Å². The standard InChI is InChI=1S/C21H21NO2S/c1-3-24-21(23)17-13(2)22-20-19(15-11-7-8-12-16(15)25-20)18(17)14-9-5-4-6-10-14/h4-6,9-10H,3,7-8,11-12H2,1-2H3. The molecule has 0 amide bonds. The maximum Gasteiger partial charge on any atom is 0.340 e. The van der Waals surface area contributed by atoms with Gasteiger partial charge in [-0.25, -0.2) is 9.78 Å². The van der Waals surface area contributed by atoms with Gasteiger partial charge in [-0.2, -0.15) is 0 Å². The number of benzene rings is 1. The van der Waals surface area contributed by atoms with Crippen LogP contribution < -0.4 is 0 Å². The van der Waals surface area contributed by atoms with Crippen LogP contribution in [0.15, 0.2) is 30.3 Å². The lowest BCUT2D eigenvalue weighted by Crippen LogP contribution is -2.11. The number of esters is 1. The Bertz CT molecular complexity index is 944. The normalized spacial score (nSPS) is 13.7. The van der Waals surface area contributed by atoms with Crippen LogP contribution in [0.4, 0.5) is 0 Å². The Kier molecular flexibility index (Phi) is 4.30. The van der Waals surface area contributed by atoms with Gasteiger partial charge in [0.25, 0.3) is 0 Å². The minimum Gasteiger partial charge on any atom is -0.462 e. The van der Waals surface area contributed by atoms with Gasteiger partial charge >= 0.3 is 5.97 Å². The zero-order chi connectivity index (χ0) is 17.4. The molecule has 0 spiro atoms. The van der Waals surface area contributed by atoms with E-state index in [9.17, 15) is 4.79 Å². The van der Waals surface area contributed by atoms with Crippen LogP contribution in [-0.2, 0) is 17.6 Å². The Morgan fingerprint density at radius 2 is 1.96 bits per heavy atom. The molecule has 3 aromatic rings. The van der Waals surface area contributed by atoms with Gasteiger partial charge < -0.3 is 4.74 Å². The van der Waals surface area contributed by atoms with Gasteiger partial charge in [0.2, 0.25) is 0 Å². The molecule has 0 atom stereocenters. The van der Waals surface area contributed by atoms with Crippen molar-refractivity contribution in [3.8, 4) is 11.1 Å². The Balaban J connectivity index is 2.09. The summed E-state index contributed by atoms with van der Waals surface area (Å²) < 4.78 is 5.36. The second-order valence-corrected chi connectivity index (χ2v) is 7.51. The lowest BCUT2D eigenvalue weighted by Gasteiger charge is -2.16. The smallest absolute Gasteiger partial charge is 0.340 e. The van der Waals surface area contributed by atoms with Gasteiger partial charge in [0.15, 0.2) is 0 Å². The maximum absolute atomic E-state index is 12.7. The van der Waals surface area contributed by atoms with Crippen LogP contribution in [0.2, 0.25) is 0 Å². The zero-order valence-electron chi connectivity index (χ0n) is 14.6. The zero-order valence-corrected chi connectivity index (χ0v) is 15.4. The molecule has 128 valence electrons. The van der Waals surface area contributed by atoms with E-state index < -0.39 is 0 Å². The van der Waals surface area contributed by atoms with E-state index in [0.29, 0.717) is 12.2 Å². The molecule has 0 saturated carbocycles. The predicted octanol–water partition coefficient (Wildman–Crippen LogP) is 5.33. The fourth-order valence-electron chi connectivity index (χ4n) is 3.75. The van der Waals surface area contributed by atoms with Crippen molar-refractivity contribution < 1.29 is 9.53 Å². The quantitative estimate of drug-likeness (QED) is 0.599. The molecular formula is C21H21NO2S. The van der Waals surface area contributed by atoms with Crippen LogP contribution in [0.3, 0.4) is 0 Å². The number of carbonyl (C=O) groups excluding carboxylic acids is 1. The molecular weight excluding hydrogens is 330 g/mol. The first-order chi connectivity index (χ1) is 12.2. The molecule has 4 rings (SSSR count). The van der Waals surface area contributed by atoms with Crippen molar-refractivity contribution in [2.24, 2.45) is 0 Å². The summed E-state index contributed by atoms with van der Waals surface area (Å²) in [5.41, 5.74) is 4.83. The molecule has 0 radical (unpaired) electrons. The number of ether oxygens (including phenoxy) is 1. The van der Waals surface area contributed by atoms with Gasteiger partial charge in [-0.1, -0.05) is 30.3 Å². The second kappa shape index (κ2) is 6.60. The van der Waals surface area contributed by atoms with Crippen LogP contribution in [0.5, 0.6) is 0 Å². The second-order valence-electron chi connectivity index (χ2n) is 6.42. The molecule has 0 saturated heterocycles. The first-order valence-electron chi connectivity index (χ1n) is 8.88. The van der Waals surface area contributed by atoms with Crippen molar-refractivity contribution in [2.45, 2.75) is 39.5 Å². The third-order valence-corrected chi connectivity index (χ3v) is 6.01. The summed E-state index contributed by atoms with van der Waals surface area (Å²) in [6.45, 7) is 4.12. The Labute approximate surface area is 151 Å². The third kappa shape index (κ3) is 2.74. The predicted molar refractivity (Wildman–Crippen MR) is 102 cm³/mol. The molecule has 2 aromatic heterocycles. The molecule has 0 fully saturated rings. The van der Waals surface area contributed by atoms with E-state index in [1.807, 2.05) is 32.0 Å². The largest absolute Gasteiger partial charge is 0.462 e. The third-order valence-electron chi connectivity index (χ3n) is 4.83. The number of hydrogen-bond acceptors (Lipinski definition) is 4. The maximum atomic E-state index is 12.7. The molecule has 4 heteroatoms. The van der Waals surface area contributed by atoms with Gasteiger partial charge in [0, 0.05) is 15.8 Å². The van der Waals surface area contributed by atoms with Crippen LogP contribution >= 0.6 is 11.3 Å². The number of fused-ring (bicyclic) bond motifs is 3. The highest BCUT2D eigenvalue weighted by atomic mass is 32.1. The molecule has 1 aliphatic rings. The molecule has 0 N–H and O–H groups in total. The van der Waals surface area contributed by atoms with E-state index in [1.54, 1.807) is 11.3 Å². The highest BCUT2D eigenvalue weighted by Crippen LogP contribution is 2.43. The van der Waals surface area contributed by atoms with Crippen LogP contribution in [0.1, 0.15) is 46.3 Å². The number of aromatic nitrogens is 1. The molecule has 0 aliphatic heterocycles. The fourth-order valence-corrected chi connectivity index (χ4v) is 5.07. The summed E-state index contributed by atoms with van der Waals surface area (Å²) >= 11 is 1.79. The summed E-state index contributed by atoms with van der Waals surface area (Å²) in [7, 11) is 0. The van der Waals surface area contributed by atoms with E-state index in [-0.39, 0.29) is 5.97 Å². The van der Waals surface area contributed by atoms with Gasteiger partial charge in [0.05, 0.1) is 17.9 Å². The van der Waals surface area contributed by atoms with Crippen molar-refractivity contribution >= 4 is 27.5 Å². The summed E-state index contributed by atoms with van der Waals surface area (Å²) in [6.07, 6.45) is 4.64. The van der Waals surface area contributed by atoms with Crippen LogP contribution in [0.25, 0.3) is 21.3 Å². The minimum atomic E-state index is -0.274. The molecule has 2 heterocycles. The number of nitrogens with zero attached hydrogens (tertiary/aromatic N) is 1.